The number of aromatic nitrogens is 1. The van der Waals surface area contributed by atoms with E-state index in [2.05, 4.69) is 11.1 Å². The van der Waals surface area contributed by atoms with Crippen LogP contribution < -0.4 is 0 Å². The second kappa shape index (κ2) is 6.84. The summed E-state index contributed by atoms with van der Waals surface area (Å²) in [6.45, 7) is 2.09. The molecule has 0 aliphatic heterocycles. The number of aromatic amines is 1. The smallest absolute Gasteiger partial charge is 0.331 e. The number of rotatable bonds is 4. The quantitative estimate of drug-likeness (QED) is 0.583. The van der Waals surface area contributed by atoms with E-state index in [1.165, 1.54) is 6.08 Å². The van der Waals surface area contributed by atoms with Gasteiger partial charge in [0.1, 0.15) is 6.07 Å². The summed E-state index contributed by atoms with van der Waals surface area (Å²) in [7, 11) is 0. The maximum absolute atomic E-state index is 12.1. The first-order chi connectivity index (χ1) is 11.7. The highest BCUT2D eigenvalue weighted by molar-refractivity contribution is 6.04. The molecule has 0 bridgehead atoms. The summed E-state index contributed by atoms with van der Waals surface area (Å²) in [5, 5.41) is 10.2. The molecule has 3 aromatic rings. The summed E-state index contributed by atoms with van der Waals surface area (Å²) < 4.78 is 5.08. The van der Waals surface area contributed by atoms with Crippen molar-refractivity contribution in [3.63, 3.8) is 0 Å². The van der Waals surface area contributed by atoms with E-state index in [-0.39, 0.29) is 0 Å². The van der Waals surface area contributed by atoms with Crippen LogP contribution >= 0.6 is 0 Å². The number of carbonyl (C=O) groups is 1. The SMILES string of the molecule is CCOC(=O)C=C(c1ccccc1)c1cccc2[nH]cc(C#N)c12. The molecule has 0 fully saturated rings. The second-order valence-corrected chi connectivity index (χ2v) is 5.22. The molecule has 3 rings (SSSR count). The lowest BCUT2D eigenvalue weighted by Gasteiger charge is -2.10. The largest absolute Gasteiger partial charge is 0.463 e. The van der Waals surface area contributed by atoms with Crippen molar-refractivity contribution in [2.75, 3.05) is 6.61 Å². The molecule has 24 heavy (non-hydrogen) atoms. The molecule has 4 nitrogen and oxygen atoms in total. The van der Waals surface area contributed by atoms with Gasteiger partial charge in [-0.25, -0.2) is 4.79 Å². The Morgan fingerprint density at radius 3 is 2.71 bits per heavy atom. The van der Waals surface area contributed by atoms with Crippen LogP contribution in [-0.2, 0) is 9.53 Å². The first-order valence-electron chi connectivity index (χ1n) is 7.69. The molecule has 1 aromatic heterocycles. The Kier molecular flexibility index (Phi) is 4.44. The highest BCUT2D eigenvalue weighted by Crippen LogP contribution is 2.31. The van der Waals surface area contributed by atoms with E-state index < -0.39 is 5.97 Å². The summed E-state index contributed by atoms with van der Waals surface area (Å²) in [4.78, 5) is 15.2. The monoisotopic (exact) mass is 316 g/mol. The predicted molar refractivity (Wildman–Crippen MR) is 93.2 cm³/mol. The molecular weight excluding hydrogens is 300 g/mol. The first-order valence-corrected chi connectivity index (χ1v) is 7.69. The Bertz CT molecular complexity index is 947. The summed E-state index contributed by atoms with van der Waals surface area (Å²) in [6.07, 6.45) is 3.17. The number of benzene rings is 2. The van der Waals surface area contributed by atoms with Crippen molar-refractivity contribution in [1.29, 1.82) is 5.26 Å². The molecule has 0 unspecified atom stereocenters. The van der Waals surface area contributed by atoms with Gasteiger partial charge in [0.2, 0.25) is 0 Å². The van der Waals surface area contributed by atoms with Crippen molar-refractivity contribution in [1.82, 2.24) is 4.98 Å². The molecule has 0 spiro atoms. The Hall–Kier alpha value is -3.32. The zero-order valence-electron chi connectivity index (χ0n) is 13.2. The van der Waals surface area contributed by atoms with Gasteiger partial charge in [0.15, 0.2) is 0 Å². The Labute approximate surface area is 140 Å². The molecule has 0 saturated carbocycles. The highest BCUT2D eigenvalue weighted by Gasteiger charge is 2.15. The number of nitriles is 1. The van der Waals surface area contributed by atoms with Gasteiger partial charge in [0.05, 0.1) is 12.2 Å². The van der Waals surface area contributed by atoms with Gasteiger partial charge in [-0.2, -0.15) is 5.26 Å². The van der Waals surface area contributed by atoms with Crippen LogP contribution in [0.1, 0.15) is 23.6 Å². The maximum atomic E-state index is 12.1. The number of hydrogen-bond acceptors (Lipinski definition) is 3. The van der Waals surface area contributed by atoms with Crippen molar-refractivity contribution in [3.8, 4) is 6.07 Å². The standard InChI is InChI=1S/C20H16N2O2/c1-2-24-19(23)11-17(14-7-4-3-5-8-14)16-9-6-10-18-20(16)15(12-21)13-22-18/h3-11,13,22H,2H2,1H3. The minimum Gasteiger partial charge on any atom is -0.463 e. The number of fused-ring (bicyclic) bond motifs is 1. The molecule has 118 valence electrons. The van der Waals surface area contributed by atoms with Crippen molar-refractivity contribution in [3.05, 3.63) is 77.5 Å². The summed E-state index contributed by atoms with van der Waals surface area (Å²) in [5.74, 6) is -0.401. The molecule has 4 heteroatoms. The van der Waals surface area contributed by atoms with E-state index in [1.807, 2.05) is 48.5 Å². The fourth-order valence-corrected chi connectivity index (χ4v) is 2.73. The number of carbonyl (C=O) groups excluding carboxylic acids is 1. The third kappa shape index (κ3) is 2.92. The Morgan fingerprint density at radius 1 is 1.21 bits per heavy atom. The van der Waals surface area contributed by atoms with Crippen LogP contribution in [0.15, 0.2) is 60.8 Å². The molecule has 1 heterocycles. The number of nitrogens with zero attached hydrogens (tertiary/aromatic N) is 1. The number of hydrogen-bond donors (Lipinski definition) is 1. The van der Waals surface area contributed by atoms with Crippen LogP contribution in [0.25, 0.3) is 16.5 Å². The van der Waals surface area contributed by atoms with Gasteiger partial charge in [-0.1, -0.05) is 42.5 Å². The van der Waals surface area contributed by atoms with E-state index in [9.17, 15) is 10.1 Å². The molecule has 0 aliphatic rings. The summed E-state index contributed by atoms with van der Waals surface area (Å²) in [5.41, 5.74) is 3.85. The summed E-state index contributed by atoms with van der Waals surface area (Å²) >= 11 is 0. The van der Waals surface area contributed by atoms with E-state index in [0.717, 1.165) is 27.6 Å². The number of ether oxygens (including phenoxy) is 1. The van der Waals surface area contributed by atoms with Gasteiger partial charge in [0, 0.05) is 23.2 Å². The van der Waals surface area contributed by atoms with Crippen molar-refractivity contribution >= 4 is 22.4 Å². The molecule has 2 aromatic carbocycles. The van der Waals surface area contributed by atoms with Gasteiger partial charge in [-0.15, -0.1) is 0 Å². The number of nitrogens with one attached hydrogen (secondary N) is 1. The van der Waals surface area contributed by atoms with Crippen LogP contribution in [0.4, 0.5) is 0 Å². The Morgan fingerprint density at radius 2 is 2.00 bits per heavy atom. The van der Waals surface area contributed by atoms with E-state index in [1.54, 1.807) is 13.1 Å². The van der Waals surface area contributed by atoms with E-state index in [0.29, 0.717) is 12.2 Å². The first kappa shape index (κ1) is 15.6. The molecule has 0 radical (unpaired) electrons. The minimum atomic E-state index is -0.401. The number of H-pyrrole nitrogens is 1. The lowest BCUT2D eigenvalue weighted by Crippen LogP contribution is -2.02. The van der Waals surface area contributed by atoms with Crippen LogP contribution in [0, 0.1) is 11.3 Å². The lowest BCUT2D eigenvalue weighted by atomic mass is 9.93. The third-order valence-corrected chi connectivity index (χ3v) is 3.75. The molecule has 0 aliphatic carbocycles. The topological polar surface area (TPSA) is 65.9 Å². The maximum Gasteiger partial charge on any atom is 0.331 e. The van der Waals surface area contributed by atoms with Gasteiger partial charge >= 0.3 is 5.97 Å². The second-order valence-electron chi connectivity index (χ2n) is 5.22. The number of esters is 1. The molecule has 1 N–H and O–H groups in total. The van der Waals surface area contributed by atoms with Crippen LogP contribution in [-0.4, -0.2) is 17.6 Å². The van der Waals surface area contributed by atoms with Gasteiger partial charge < -0.3 is 9.72 Å². The van der Waals surface area contributed by atoms with Gasteiger partial charge in [-0.3, -0.25) is 0 Å². The average molecular weight is 316 g/mol. The fraction of sp³-hybridized carbons (Fsp3) is 0.100. The molecule has 0 atom stereocenters. The van der Waals surface area contributed by atoms with Crippen molar-refractivity contribution < 1.29 is 9.53 Å². The lowest BCUT2D eigenvalue weighted by molar-refractivity contribution is -0.137. The van der Waals surface area contributed by atoms with Crippen molar-refractivity contribution in [2.45, 2.75) is 6.92 Å². The van der Waals surface area contributed by atoms with Crippen LogP contribution in [0.5, 0.6) is 0 Å². The average Bonchev–Trinajstić information content (AvgIpc) is 3.04. The highest BCUT2D eigenvalue weighted by atomic mass is 16.5. The predicted octanol–water partition coefficient (Wildman–Crippen LogP) is 4.03. The fourth-order valence-electron chi connectivity index (χ4n) is 2.73. The third-order valence-electron chi connectivity index (χ3n) is 3.75. The van der Waals surface area contributed by atoms with Gasteiger partial charge in [-0.05, 0) is 29.7 Å². The Balaban J connectivity index is 2.26. The van der Waals surface area contributed by atoms with Gasteiger partial charge in [0.25, 0.3) is 0 Å². The normalized spacial score (nSPS) is 11.2. The van der Waals surface area contributed by atoms with E-state index in [4.69, 9.17) is 4.74 Å². The van der Waals surface area contributed by atoms with Crippen LogP contribution in [0.2, 0.25) is 0 Å². The minimum absolute atomic E-state index is 0.315. The van der Waals surface area contributed by atoms with E-state index >= 15 is 0 Å². The molecular formula is C20H16N2O2. The molecule has 0 saturated heterocycles. The summed E-state index contributed by atoms with van der Waals surface area (Å²) in [6, 6.07) is 17.5. The molecule has 0 amide bonds. The zero-order chi connectivity index (χ0) is 16.9. The van der Waals surface area contributed by atoms with Crippen LogP contribution in [0.3, 0.4) is 0 Å². The van der Waals surface area contributed by atoms with Crippen molar-refractivity contribution in [2.24, 2.45) is 0 Å². The zero-order valence-corrected chi connectivity index (χ0v) is 13.2.